The van der Waals surface area contributed by atoms with Crippen LogP contribution in [0.25, 0.3) is 0 Å². The lowest BCUT2D eigenvalue weighted by Gasteiger charge is -2.13. The van der Waals surface area contributed by atoms with Crippen molar-refractivity contribution in [2.24, 2.45) is 0 Å². The summed E-state index contributed by atoms with van der Waals surface area (Å²) in [5.41, 5.74) is 1.44. The fourth-order valence-corrected chi connectivity index (χ4v) is 3.57. The summed E-state index contributed by atoms with van der Waals surface area (Å²) in [6, 6.07) is 14.2. The van der Waals surface area contributed by atoms with Crippen LogP contribution in [0.2, 0.25) is 0 Å². The molecule has 0 bridgehead atoms. The molecule has 2 rings (SSSR count). The highest BCUT2D eigenvalue weighted by molar-refractivity contribution is 7.89. The largest absolute Gasteiger partial charge is 0.292 e. The molecule has 1 unspecified atom stereocenters. The number of Topliss-reactive ketones (excluding diaryl/α,β-unsaturated/α-hetero) is 1. The molecule has 0 aliphatic carbocycles. The first-order valence-corrected chi connectivity index (χ1v) is 9.22. The van der Waals surface area contributed by atoms with Crippen molar-refractivity contribution < 1.29 is 13.2 Å². The normalized spacial score (nSPS) is 12.8. The van der Waals surface area contributed by atoms with Crippen LogP contribution in [-0.4, -0.2) is 26.1 Å². The molecule has 0 aliphatic rings. The quantitative estimate of drug-likeness (QED) is 0.616. The topological polar surface area (TPSA) is 63.2 Å². The van der Waals surface area contributed by atoms with Gasteiger partial charge in [-0.25, -0.2) is 13.1 Å². The average Bonchev–Trinajstić information content (AvgIpc) is 2.55. The third-order valence-corrected chi connectivity index (χ3v) is 5.15. The van der Waals surface area contributed by atoms with Crippen molar-refractivity contribution in [2.75, 3.05) is 5.88 Å². The van der Waals surface area contributed by atoms with Gasteiger partial charge in [0.25, 0.3) is 0 Å². The van der Waals surface area contributed by atoms with Crippen LogP contribution >= 0.6 is 11.6 Å². The van der Waals surface area contributed by atoms with Gasteiger partial charge in [-0.05, 0) is 31.0 Å². The molecule has 0 saturated carbocycles. The van der Waals surface area contributed by atoms with Crippen molar-refractivity contribution in [3.05, 3.63) is 65.7 Å². The Hall–Kier alpha value is -1.69. The van der Waals surface area contributed by atoms with E-state index in [9.17, 15) is 13.2 Å². The minimum Gasteiger partial charge on any atom is -0.292 e. The molecule has 1 N–H and O–H groups in total. The molecule has 0 spiro atoms. The van der Waals surface area contributed by atoms with E-state index in [1.54, 1.807) is 42.5 Å². The van der Waals surface area contributed by atoms with E-state index < -0.39 is 16.1 Å². The van der Waals surface area contributed by atoms with Gasteiger partial charge in [0.1, 0.15) is 0 Å². The zero-order chi connectivity index (χ0) is 16.9. The SMILES string of the molecule is CC(NS(=O)(=O)c1ccc(CCCl)cc1)C(=O)c1ccccc1. The number of ketones is 1. The second kappa shape index (κ2) is 7.73. The smallest absolute Gasteiger partial charge is 0.241 e. The molecule has 0 radical (unpaired) electrons. The van der Waals surface area contributed by atoms with E-state index in [1.165, 1.54) is 19.1 Å². The molecule has 0 fully saturated rings. The number of sulfonamides is 1. The lowest BCUT2D eigenvalue weighted by molar-refractivity contribution is 0.0961. The number of hydrogen-bond acceptors (Lipinski definition) is 3. The highest BCUT2D eigenvalue weighted by Gasteiger charge is 2.22. The van der Waals surface area contributed by atoms with Gasteiger partial charge in [-0.2, -0.15) is 0 Å². The molecule has 2 aromatic carbocycles. The fraction of sp³-hybridized carbons (Fsp3) is 0.235. The molecular formula is C17H18ClNO3S. The van der Waals surface area contributed by atoms with Crippen LogP contribution < -0.4 is 4.72 Å². The van der Waals surface area contributed by atoms with E-state index >= 15 is 0 Å². The minimum atomic E-state index is -3.75. The van der Waals surface area contributed by atoms with Crippen molar-refractivity contribution in [3.8, 4) is 0 Å². The Morgan fingerprint density at radius 2 is 1.70 bits per heavy atom. The number of nitrogens with one attached hydrogen (secondary N) is 1. The number of carbonyl (C=O) groups is 1. The van der Waals surface area contributed by atoms with E-state index in [0.29, 0.717) is 17.9 Å². The Bertz CT molecular complexity index is 758. The molecule has 6 heteroatoms. The van der Waals surface area contributed by atoms with Gasteiger partial charge in [0.15, 0.2) is 5.78 Å². The Balaban J connectivity index is 2.12. The molecule has 0 aromatic heterocycles. The average molecular weight is 352 g/mol. The van der Waals surface area contributed by atoms with Crippen molar-refractivity contribution >= 4 is 27.4 Å². The molecule has 0 heterocycles. The van der Waals surface area contributed by atoms with E-state index in [-0.39, 0.29) is 10.7 Å². The summed E-state index contributed by atoms with van der Waals surface area (Å²) < 4.78 is 27.1. The zero-order valence-corrected chi connectivity index (χ0v) is 14.3. The Labute approximate surface area is 141 Å². The molecule has 4 nitrogen and oxygen atoms in total. The molecule has 1 atom stereocenters. The van der Waals surface area contributed by atoms with E-state index in [4.69, 9.17) is 11.6 Å². The number of aryl methyl sites for hydroxylation is 1. The van der Waals surface area contributed by atoms with Crippen LogP contribution in [0.15, 0.2) is 59.5 Å². The fourth-order valence-electron chi connectivity index (χ4n) is 2.15. The number of hydrogen-bond donors (Lipinski definition) is 1. The Kier molecular flexibility index (Phi) is 5.93. The Morgan fingerprint density at radius 3 is 2.26 bits per heavy atom. The maximum absolute atomic E-state index is 12.4. The maximum atomic E-state index is 12.4. The number of carbonyl (C=O) groups excluding carboxylic acids is 1. The molecular weight excluding hydrogens is 334 g/mol. The van der Waals surface area contributed by atoms with Gasteiger partial charge in [0.05, 0.1) is 10.9 Å². The van der Waals surface area contributed by atoms with Gasteiger partial charge >= 0.3 is 0 Å². The first-order valence-electron chi connectivity index (χ1n) is 7.20. The van der Waals surface area contributed by atoms with Crippen LogP contribution in [0.5, 0.6) is 0 Å². The Morgan fingerprint density at radius 1 is 1.09 bits per heavy atom. The predicted octanol–water partition coefficient (Wildman–Crippen LogP) is 3.02. The molecule has 0 aliphatic heterocycles. The van der Waals surface area contributed by atoms with Gasteiger partial charge in [0, 0.05) is 11.4 Å². The summed E-state index contributed by atoms with van der Waals surface area (Å²) in [5.74, 6) is 0.209. The predicted molar refractivity (Wildman–Crippen MR) is 91.4 cm³/mol. The molecule has 0 saturated heterocycles. The third-order valence-electron chi connectivity index (χ3n) is 3.40. The number of alkyl halides is 1. The lowest BCUT2D eigenvalue weighted by atomic mass is 10.1. The third kappa shape index (κ3) is 4.64. The van der Waals surface area contributed by atoms with Gasteiger partial charge < -0.3 is 0 Å². The van der Waals surface area contributed by atoms with E-state index in [1.807, 2.05) is 0 Å². The monoisotopic (exact) mass is 351 g/mol. The second-order valence-electron chi connectivity index (χ2n) is 5.16. The highest BCUT2D eigenvalue weighted by atomic mass is 35.5. The van der Waals surface area contributed by atoms with Crippen LogP contribution in [0.3, 0.4) is 0 Å². The summed E-state index contributed by atoms with van der Waals surface area (Å²) >= 11 is 5.66. The number of halogens is 1. The number of benzene rings is 2. The molecule has 2 aromatic rings. The van der Waals surface area contributed by atoms with Crippen LogP contribution in [0.1, 0.15) is 22.8 Å². The summed E-state index contributed by atoms with van der Waals surface area (Å²) in [6.07, 6.45) is 0.679. The summed E-state index contributed by atoms with van der Waals surface area (Å²) in [7, 11) is -3.75. The van der Waals surface area contributed by atoms with Crippen LogP contribution in [0.4, 0.5) is 0 Å². The van der Waals surface area contributed by atoms with E-state index in [0.717, 1.165) is 5.56 Å². The van der Waals surface area contributed by atoms with Gasteiger partial charge in [0.2, 0.25) is 10.0 Å². The first kappa shape index (κ1) is 17.7. The standard InChI is InChI=1S/C17H18ClNO3S/c1-13(17(20)15-5-3-2-4-6-15)19-23(21,22)16-9-7-14(8-10-16)11-12-18/h2-10,13,19H,11-12H2,1H3. The zero-order valence-electron chi connectivity index (χ0n) is 12.7. The highest BCUT2D eigenvalue weighted by Crippen LogP contribution is 2.13. The van der Waals surface area contributed by atoms with Gasteiger partial charge in [-0.15, -0.1) is 11.6 Å². The van der Waals surface area contributed by atoms with Crippen molar-refractivity contribution in [3.63, 3.8) is 0 Å². The molecule has 0 amide bonds. The van der Waals surface area contributed by atoms with Crippen molar-refractivity contribution in [1.82, 2.24) is 4.72 Å². The summed E-state index contributed by atoms with van der Waals surface area (Å²) in [5, 5.41) is 0. The second-order valence-corrected chi connectivity index (χ2v) is 7.25. The molecule has 122 valence electrons. The maximum Gasteiger partial charge on any atom is 0.241 e. The number of rotatable bonds is 7. The lowest BCUT2D eigenvalue weighted by Crippen LogP contribution is -2.38. The van der Waals surface area contributed by atoms with Crippen molar-refractivity contribution in [2.45, 2.75) is 24.3 Å². The van der Waals surface area contributed by atoms with Crippen molar-refractivity contribution in [1.29, 1.82) is 0 Å². The van der Waals surface area contributed by atoms with Gasteiger partial charge in [-0.1, -0.05) is 42.5 Å². The minimum absolute atomic E-state index is 0.128. The summed E-state index contributed by atoms with van der Waals surface area (Å²) in [4.78, 5) is 12.4. The molecule has 23 heavy (non-hydrogen) atoms. The van der Waals surface area contributed by atoms with Gasteiger partial charge in [-0.3, -0.25) is 4.79 Å². The first-order chi connectivity index (χ1) is 10.9. The van der Waals surface area contributed by atoms with Crippen LogP contribution in [-0.2, 0) is 16.4 Å². The summed E-state index contributed by atoms with van der Waals surface area (Å²) in [6.45, 7) is 1.54. The van der Waals surface area contributed by atoms with Crippen LogP contribution in [0, 0.1) is 0 Å². The van der Waals surface area contributed by atoms with E-state index in [2.05, 4.69) is 4.72 Å².